The Hall–Kier alpha value is -1.88. The molecule has 1 unspecified atom stereocenters. The molecule has 0 aliphatic heterocycles. The van der Waals surface area contributed by atoms with Gasteiger partial charge in [0, 0.05) is 42.2 Å². The number of thiazole rings is 1. The molecule has 1 aromatic carbocycles. The maximum Gasteiger partial charge on any atom is 0.254 e. The Morgan fingerprint density at radius 2 is 2.25 bits per heavy atom. The number of phenolic OH excluding ortho intramolecular Hbond substituents is 1. The highest BCUT2D eigenvalue weighted by Gasteiger charge is 2.19. The third kappa shape index (κ3) is 2.99. The van der Waals surface area contributed by atoms with Crippen molar-refractivity contribution >= 4 is 17.2 Å². The summed E-state index contributed by atoms with van der Waals surface area (Å²) < 4.78 is 0. The molecule has 0 aliphatic carbocycles. The van der Waals surface area contributed by atoms with Gasteiger partial charge in [-0.25, -0.2) is 4.98 Å². The second kappa shape index (κ2) is 6.05. The number of aromatic nitrogens is 1. The van der Waals surface area contributed by atoms with Crippen molar-refractivity contribution in [2.75, 3.05) is 13.6 Å². The van der Waals surface area contributed by atoms with E-state index in [4.69, 9.17) is 0 Å². The summed E-state index contributed by atoms with van der Waals surface area (Å²) >= 11 is 1.60. The fourth-order valence-electron chi connectivity index (χ4n) is 2.11. The molecule has 106 valence electrons. The van der Waals surface area contributed by atoms with Gasteiger partial charge in [0.1, 0.15) is 5.75 Å². The minimum atomic E-state index is -0.0817. The molecular formula is C15H18N2O2S. The molecule has 2 rings (SSSR count). The quantitative estimate of drug-likeness (QED) is 0.941. The zero-order valence-electron chi connectivity index (χ0n) is 11.8. The van der Waals surface area contributed by atoms with E-state index in [1.807, 2.05) is 5.38 Å². The normalized spacial score (nSPS) is 12.2. The first kappa shape index (κ1) is 14.5. The van der Waals surface area contributed by atoms with E-state index in [-0.39, 0.29) is 17.6 Å². The van der Waals surface area contributed by atoms with Crippen molar-refractivity contribution in [1.82, 2.24) is 9.88 Å². The summed E-state index contributed by atoms with van der Waals surface area (Å²) in [6, 6.07) is 5.01. The molecule has 0 aliphatic rings. The van der Waals surface area contributed by atoms with Gasteiger partial charge < -0.3 is 10.0 Å². The molecule has 5 heteroatoms. The van der Waals surface area contributed by atoms with Crippen molar-refractivity contribution in [2.24, 2.45) is 0 Å². The van der Waals surface area contributed by atoms with Crippen molar-refractivity contribution in [3.8, 4) is 5.75 Å². The van der Waals surface area contributed by atoms with E-state index in [0.29, 0.717) is 17.7 Å². The molecule has 20 heavy (non-hydrogen) atoms. The van der Waals surface area contributed by atoms with Crippen LogP contribution in [0.1, 0.15) is 33.8 Å². The largest absolute Gasteiger partial charge is 0.508 e. The van der Waals surface area contributed by atoms with Crippen LogP contribution in [0, 0.1) is 6.92 Å². The number of hydrogen-bond donors (Lipinski definition) is 1. The molecule has 2 aromatic rings. The molecule has 4 nitrogen and oxygen atoms in total. The van der Waals surface area contributed by atoms with Crippen LogP contribution < -0.4 is 0 Å². The first-order chi connectivity index (χ1) is 9.50. The predicted molar refractivity (Wildman–Crippen MR) is 80.3 cm³/mol. The Kier molecular flexibility index (Phi) is 4.39. The summed E-state index contributed by atoms with van der Waals surface area (Å²) in [6.07, 6.45) is 1.78. The maximum absolute atomic E-state index is 12.4. The van der Waals surface area contributed by atoms with Crippen LogP contribution >= 0.6 is 11.3 Å². The minimum Gasteiger partial charge on any atom is -0.508 e. The van der Waals surface area contributed by atoms with Gasteiger partial charge in [0.2, 0.25) is 0 Å². The van der Waals surface area contributed by atoms with Gasteiger partial charge >= 0.3 is 0 Å². The Bertz CT molecular complexity index is 596. The monoisotopic (exact) mass is 290 g/mol. The van der Waals surface area contributed by atoms with Gasteiger partial charge in [0.25, 0.3) is 5.91 Å². The molecule has 1 amide bonds. The lowest BCUT2D eigenvalue weighted by atomic mass is 10.1. The van der Waals surface area contributed by atoms with Gasteiger partial charge in [0.05, 0.1) is 5.01 Å². The Morgan fingerprint density at radius 1 is 1.50 bits per heavy atom. The van der Waals surface area contributed by atoms with Crippen LogP contribution in [0.25, 0.3) is 0 Å². The number of likely N-dealkylation sites (N-methyl/N-ethyl adjacent to an activating group) is 1. The summed E-state index contributed by atoms with van der Waals surface area (Å²) in [5.41, 5.74) is 1.16. The molecule has 0 bridgehead atoms. The Labute approximate surface area is 122 Å². The van der Waals surface area contributed by atoms with E-state index in [9.17, 15) is 9.90 Å². The lowest BCUT2D eigenvalue weighted by Crippen LogP contribution is -2.30. The van der Waals surface area contributed by atoms with Crippen molar-refractivity contribution in [1.29, 1.82) is 0 Å². The summed E-state index contributed by atoms with van der Waals surface area (Å²) in [4.78, 5) is 18.4. The molecule has 1 N–H and O–H groups in total. The molecule has 1 aromatic heterocycles. The number of benzene rings is 1. The van der Waals surface area contributed by atoms with E-state index in [1.54, 1.807) is 54.6 Å². The van der Waals surface area contributed by atoms with E-state index < -0.39 is 0 Å². The maximum atomic E-state index is 12.4. The van der Waals surface area contributed by atoms with Gasteiger partial charge in [0.15, 0.2) is 0 Å². The molecule has 0 saturated heterocycles. The zero-order valence-corrected chi connectivity index (χ0v) is 12.6. The summed E-state index contributed by atoms with van der Waals surface area (Å²) in [7, 11) is 1.77. The molecule has 0 radical (unpaired) electrons. The van der Waals surface area contributed by atoms with E-state index >= 15 is 0 Å². The zero-order chi connectivity index (χ0) is 14.7. The predicted octanol–water partition coefficient (Wildman–Crippen LogP) is 3.03. The van der Waals surface area contributed by atoms with Crippen LogP contribution in [0.15, 0.2) is 29.8 Å². The molecule has 0 saturated carbocycles. The first-order valence-corrected chi connectivity index (χ1v) is 7.32. The second-order valence-electron chi connectivity index (χ2n) is 4.91. The lowest BCUT2D eigenvalue weighted by Gasteiger charge is -2.21. The Balaban J connectivity index is 2.11. The van der Waals surface area contributed by atoms with Crippen molar-refractivity contribution < 1.29 is 9.90 Å². The van der Waals surface area contributed by atoms with Crippen LogP contribution in [-0.2, 0) is 0 Å². The SMILES string of the molecule is Cc1c(O)cccc1C(=O)N(C)CC(C)c1nccs1. The first-order valence-electron chi connectivity index (χ1n) is 6.44. The summed E-state index contributed by atoms with van der Waals surface area (Å²) in [5.74, 6) is 0.264. The molecular weight excluding hydrogens is 272 g/mol. The van der Waals surface area contributed by atoms with Gasteiger partial charge in [-0.05, 0) is 19.1 Å². The Morgan fingerprint density at radius 3 is 2.90 bits per heavy atom. The number of hydrogen-bond acceptors (Lipinski definition) is 4. The van der Waals surface area contributed by atoms with Crippen LogP contribution in [0.3, 0.4) is 0 Å². The third-order valence-electron chi connectivity index (χ3n) is 3.30. The molecule has 1 heterocycles. The van der Waals surface area contributed by atoms with Crippen LogP contribution in [0.2, 0.25) is 0 Å². The highest BCUT2D eigenvalue weighted by atomic mass is 32.1. The van der Waals surface area contributed by atoms with Crippen molar-refractivity contribution in [3.63, 3.8) is 0 Å². The number of aromatic hydroxyl groups is 1. The van der Waals surface area contributed by atoms with Crippen LogP contribution in [0.5, 0.6) is 5.75 Å². The summed E-state index contributed by atoms with van der Waals surface area (Å²) in [5, 5.41) is 12.6. The fraction of sp³-hybridized carbons (Fsp3) is 0.333. The van der Waals surface area contributed by atoms with Crippen LogP contribution in [0.4, 0.5) is 0 Å². The van der Waals surface area contributed by atoms with Crippen LogP contribution in [-0.4, -0.2) is 34.5 Å². The smallest absolute Gasteiger partial charge is 0.254 e. The number of carbonyl (C=O) groups excluding carboxylic acids is 1. The van der Waals surface area contributed by atoms with Gasteiger partial charge in [-0.1, -0.05) is 13.0 Å². The van der Waals surface area contributed by atoms with Crippen molar-refractivity contribution in [3.05, 3.63) is 45.9 Å². The van der Waals surface area contributed by atoms with Gasteiger partial charge in [-0.15, -0.1) is 11.3 Å². The molecule has 0 spiro atoms. The highest BCUT2D eigenvalue weighted by molar-refractivity contribution is 7.09. The fourth-order valence-corrected chi connectivity index (χ4v) is 2.80. The average molecular weight is 290 g/mol. The number of nitrogens with zero attached hydrogens (tertiary/aromatic N) is 2. The third-order valence-corrected chi connectivity index (χ3v) is 4.31. The summed E-state index contributed by atoms with van der Waals surface area (Å²) in [6.45, 7) is 4.40. The van der Waals surface area contributed by atoms with Gasteiger partial charge in [-0.2, -0.15) is 0 Å². The van der Waals surface area contributed by atoms with E-state index in [2.05, 4.69) is 11.9 Å². The average Bonchev–Trinajstić information content (AvgIpc) is 2.95. The lowest BCUT2D eigenvalue weighted by molar-refractivity contribution is 0.0787. The van der Waals surface area contributed by atoms with E-state index in [0.717, 1.165) is 5.01 Å². The number of carbonyl (C=O) groups is 1. The van der Waals surface area contributed by atoms with Gasteiger partial charge in [-0.3, -0.25) is 4.79 Å². The number of amides is 1. The molecule has 1 atom stereocenters. The topological polar surface area (TPSA) is 53.4 Å². The number of phenols is 1. The minimum absolute atomic E-state index is 0.0817. The highest BCUT2D eigenvalue weighted by Crippen LogP contribution is 2.23. The second-order valence-corrected chi connectivity index (χ2v) is 5.83. The van der Waals surface area contributed by atoms with E-state index in [1.165, 1.54) is 0 Å². The molecule has 0 fully saturated rings. The standard InChI is InChI=1S/C15H18N2O2S/c1-10(14-16-7-8-20-14)9-17(3)15(19)12-5-4-6-13(18)11(12)2/h4-8,10,18H,9H2,1-3H3. The van der Waals surface area contributed by atoms with Crippen molar-refractivity contribution in [2.45, 2.75) is 19.8 Å². The number of rotatable bonds is 4.